The number of nitrogens with one attached hydrogen (secondary N) is 1. The molecule has 0 bridgehead atoms. The highest BCUT2D eigenvalue weighted by Crippen LogP contribution is 2.12. The summed E-state index contributed by atoms with van der Waals surface area (Å²) in [5, 5.41) is 5.24. The van der Waals surface area contributed by atoms with Crippen molar-refractivity contribution >= 4 is 34.8 Å². The van der Waals surface area contributed by atoms with E-state index in [1.165, 1.54) is 30.4 Å². The molecule has 3 N–H and O–H groups in total. The summed E-state index contributed by atoms with van der Waals surface area (Å²) >= 11 is 1.45. The number of rotatable bonds is 6. The molecular weight excluding hydrogens is 330 g/mol. The Kier molecular flexibility index (Phi) is 5.64. The molecule has 0 saturated heterocycles. The molecule has 2 aromatic rings. The smallest absolute Gasteiger partial charge is 0.312 e. The molecule has 126 valence electrons. The van der Waals surface area contributed by atoms with E-state index in [-0.39, 0.29) is 6.42 Å². The number of anilines is 1. The third-order valence-electron chi connectivity index (χ3n) is 3.11. The summed E-state index contributed by atoms with van der Waals surface area (Å²) in [6.45, 7) is 3.33. The fourth-order valence-corrected chi connectivity index (χ4v) is 2.50. The minimum absolute atomic E-state index is 0.0231. The molecular formula is C16H17N3O4S. The number of esters is 1. The number of nitrogens with zero attached hydrogens (tertiary/aromatic N) is 1. The van der Waals surface area contributed by atoms with Crippen LogP contribution < -0.4 is 11.1 Å². The van der Waals surface area contributed by atoms with Crippen LogP contribution in [0.5, 0.6) is 0 Å². The van der Waals surface area contributed by atoms with Crippen LogP contribution in [0.25, 0.3) is 0 Å². The average molecular weight is 347 g/mol. The first-order chi connectivity index (χ1) is 11.3. The van der Waals surface area contributed by atoms with Gasteiger partial charge in [-0.1, -0.05) is 0 Å². The number of primary amides is 1. The number of carbonyl (C=O) groups is 3. The quantitative estimate of drug-likeness (QED) is 0.772. The summed E-state index contributed by atoms with van der Waals surface area (Å²) in [4.78, 5) is 39.0. The van der Waals surface area contributed by atoms with Gasteiger partial charge >= 0.3 is 5.97 Å². The number of aromatic nitrogens is 1. The summed E-state index contributed by atoms with van der Waals surface area (Å²) < 4.78 is 5.10. The average Bonchev–Trinajstić information content (AvgIpc) is 2.92. The lowest BCUT2D eigenvalue weighted by atomic mass is 10.2. The lowest BCUT2D eigenvalue weighted by molar-refractivity contribution is -0.152. The number of amides is 2. The maximum absolute atomic E-state index is 12.0. The molecule has 24 heavy (non-hydrogen) atoms. The van der Waals surface area contributed by atoms with Crippen molar-refractivity contribution in [2.75, 3.05) is 5.32 Å². The van der Waals surface area contributed by atoms with Crippen molar-refractivity contribution in [2.24, 2.45) is 5.73 Å². The van der Waals surface area contributed by atoms with Crippen LogP contribution in [0.3, 0.4) is 0 Å². The number of thiazole rings is 1. The largest absolute Gasteiger partial charge is 0.452 e. The van der Waals surface area contributed by atoms with E-state index in [1.54, 1.807) is 17.5 Å². The molecule has 2 rings (SSSR count). The molecule has 0 aliphatic rings. The lowest BCUT2D eigenvalue weighted by Gasteiger charge is -2.13. The second-order valence-electron chi connectivity index (χ2n) is 5.10. The molecule has 0 spiro atoms. The highest BCUT2D eigenvalue weighted by molar-refractivity contribution is 7.09. The number of hydrogen-bond donors (Lipinski definition) is 2. The van der Waals surface area contributed by atoms with Crippen molar-refractivity contribution in [2.45, 2.75) is 26.4 Å². The van der Waals surface area contributed by atoms with Crippen molar-refractivity contribution in [1.82, 2.24) is 4.98 Å². The van der Waals surface area contributed by atoms with Gasteiger partial charge in [-0.15, -0.1) is 11.3 Å². The zero-order valence-electron chi connectivity index (χ0n) is 13.2. The van der Waals surface area contributed by atoms with Crippen molar-refractivity contribution in [3.05, 3.63) is 45.9 Å². The Labute approximate surface area is 142 Å². The van der Waals surface area contributed by atoms with E-state index in [4.69, 9.17) is 10.5 Å². The van der Waals surface area contributed by atoms with E-state index in [1.807, 2.05) is 6.92 Å². The van der Waals surface area contributed by atoms with Crippen LogP contribution in [0.2, 0.25) is 0 Å². The van der Waals surface area contributed by atoms with E-state index >= 15 is 0 Å². The van der Waals surface area contributed by atoms with Gasteiger partial charge in [-0.2, -0.15) is 0 Å². The zero-order chi connectivity index (χ0) is 17.7. The molecule has 8 heteroatoms. The van der Waals surface area contributed by atoms with Crippen molar-refractivity contribution in [3.63, 3.8) is 0 Å². The maximum Gasteiger partial charge on any atom is 0.312 e. The van der Waals surface area contributed by atoms with Gasteiger partial charge in [0.25, 0.3) is 5.91 Å². The first-order valence-electron chi connectivity index (χ1n) is 7.16. The fraction of sp³-hybridized carbons (Fsp3) is 0.250. The van der Waals surface area contributed by atoms with Gasteiger partial charge in [-0.25, -0.2) is 4.98 Å². The number of nitrogens with two attached hydrogens (primary N) is 1. The molecule has 0 saturated carbocycles. The van der Waals surface area contributed by atoms with Crippen molar-refractivity contribution < 1.29 is 19.1 Å². The standard InChI is InChI=1S/C16H17N3O4S/c1-9(23-14(20)7-13-8-24-10(2)18-13)16(22)19-12-5-3-11(4-6-12)15(17)21/h3-6,8-9H,7H2,1-2H3,(H2,17,21)(H,19,22). The van der Waals surface area contributed by atoms with Gasteiger partial charge in [0.15, 0.2) is 6.10 Å². The molecule has 0 radical (unpaired) electrons. The summed E-state index contributed by atoms with van der Waals surface area (Å²) in [5.41, 5.74) is 6.58. The van der Waals surface area contributed by atoms with Crippen LogP contribution in [-0.4, -0.2) is 28.9 Å². The molecule has 7 nitrogen and oxygen atoms in total. The summed E-state index contributed by atoms with van der Waals surface area (Å²) in [5.74, 6) is -1.54. The molecule has 1 aromatic carbocycles. The second-order valence-corrected chi connectivity index (χ2v) is 6.16. The molecule has 0 aliphatic heterocycles. The number of aryl methyl sites for hydroxylation is 1. The molecule has 1 unspecified atom stereocenters. The SMILES string of the molecule is Cc1nc(CC(=O)OC(C)C(=O)Nc2ccc(C(N)=O)cc2)cs1. The first kappa shape index (κ1) is 17.6. The van der Waals surface area contributed by atoms with Crippen molar-refractivity contribution in [1.29, 1.82) is 0 Å². The third kappa shape index (κ3) is 4.88. The lowest BCUT2D eigenvalue weighted by Crippen LogP contribution is -2.30. The molecule has 0 aliphatic carbocycles. The van der Waals surface area contributed by atoms with E-state index < -0.39 is 23.9 Å². The first-order valence-corrected chi connectivity index (χ1v) is 8.04. The van der Waals surface area contributed by atoms with Gasteiger partial charge < -0.3 is 15.8 Å². The van der Waals surface area contributed by atoms with E-state index in [9.17, 15) is 14.4 Å². The van der Waals surface area contributed by atoms with Gasteiger partial charge in [0.1, 0.15) is 0 Å². The Hall–Kier alpha value is -2.74. The minimum Gasteiger partial charge on any atom is -0.452 e. The summed E-state index contributed by atoms with van der Waals surface area (Å²) in [7, 11) is 0. The monoisotopic (exact) mass is 347 g/mol. The molecule has 1 heterocycles. The van der Waals surface area contributed by atoms with E-state index in [2.05, 4.69) is 10.3 Å². The molecule has 1 atom stereocenters. The molecule has 1 aromatic heterocycles. The Morgan fingerprint density at radius 2 is 1.96 bits per heavy atom. The number of carbonyl (C=O) groups excluding carboxylic acids is 3. The number of benzene rings is 1. The summed E-state index contributed by atoms with van der Waals surface area (Å²) in [6, 6.07) is 6.09. The second kappa shape index (κ2) is 7.69. The Morgan fingerprint density at radius 1 is 1.29 bits per heavy atom. The van der Waals surface area contributed by atoms with Crippen LogP contribution in [0.15, 0.2) is 29.6 Å². The fourth-order valence-electron chi connectivity index (χ4n) is 1.89. The van der Waals surface area contributed by atoms with E-state index in [0.717, 1.165) is 5.01 Å². The Morgan fingerprint density at radius 3 is 2.50 bits per heavy atom. The van der Waals surface area contributed by atoms with Crippen LogP contribution in [-0.2, 0) is 20.7 Å². The number of hydrogen-bond acceptors (Lipinski definition) is 6. The van der Waals surface area contributed by atoms with E-state index in [0.29, 0.717) is 16.9 Å². The topological polar surface area (TPSA) is 111 Å². The zero-order valence-corrected chi connectivity index (χ0v) is 14.1. The van der Waals surface area contributed by atoms with Crippen LogP contribution in [0.4, 0.5) is 5.69 Å². The Balaban J connectivity index is 1.87. The third-order valence-corrected chi connectivity index (χ3v) is 3.93. The number of ether oxygens (including phenoxy) is 1. The highest BCUT2D eigenvalue weighted by Gasteiger charge is 2.19. The predicted molar refractivity (Wildman–Crippen MR) is 89.7 cm³/mol. The van der Waals surface area contributed by atoms with Gasteiger partial charge in [0.05, 0.1) is 17.1 Å². The Bertz CT molecular complexity index is 755. The summed E-state index contributed by atoms with van der Waals surface area (Å²) in [6.07, 6.45) is -0.928. The molecule has 2 amide bonds. The molecule has 0 fully saturated rings. The van der Waals surface area contributed by atoms with Gasteiger partial charge in [-0.05, 0) is 38.1 Å². The highest BCUT2D eigenvalue weighted by atomic mass is 32.1. The van der Waals surface area contributed by atoms with Crippen LogP contribution >= 0.6 is 11.3 Å². The van der Waals surface area contributed by atoms with Gasteiger partial charge in [0, 0.05) is 16.6 Å². The maximum atomic E-state index is 12.0. The van der Waals surface area contributed by atoms with Crippen LogP contribution in [0.1, 0.15) is 28.0 Å². The van der Waals surface area contributed by atoms with Gasteiger partial charge in [-0.3, -0.25) is 14.4 Å². The van der Waals surface area contributed by atoms with Crippen LogP contribution in [0, 0.1) is 6.92 Å². The predicted octanol–water partition coefficient (Wildman–Crippen LogP) is 1.66. The van der Waals surface area contributed by atoms with Gasteiger partial charge in [0.2, 0.25) is 5.91 Å². The minimum atomic E-state index is -0.951. The van der Waals surface area contributed by atoms with Crippen molar-refractivity contribution in [3.8, 4) is 0 Å². The normalized spacial score (nSPS) is 11.6.